The molecule has 1 amide bonds. The van der Waals surface area contributed by atoms with Crippen molar-refractivity contribution in [3.8, 4) is 16.9 Å². The van der Waals surface area contributed by atoms with Gasteiger partial charge in [-0.15, -0.1) is 0 Å². The van der Waals surface area contributed by atoms with Crippen molar-refractivity contribution in [1.82, 2.24) is 24.7 Å². The summed E-state index contributed by atoms with van der Waals surface area (Å²) in [6.07, 6.45) is 7.62. The molecule has 0 spiro atoms. The van der Waals surface area contributed by atoms with Gasteiger partial charge in [0, 0.05) is 53.9 Å². The lowest BCUT2D eigenvalue weighted by molar-refractivity contribution is 0.0691. The molecule has 0 saturated carbocycles. The minimum Gasteiger partial charge on any atom is -0.489 e. The molecule has 0 atom stereocenters. The number of nitrogens with one attached hydrogen (secondary N) is 1. The maximum absolute atomic E-state index is 13.5. The number of fused-ring (bicyclic) bond motifs is 2. The molecule has 5 heterocycles. The van der Waals surface area contributed by atoms with Crippen molar-refractivity contribution in [2.75, 3.05) is 16.8 Å². The first-order chi connectivity index (χ1) is 25.0. The molecule has 11 nitrogen and oxygen atoms in total. The van der Waals surface area contributed by atoms with E-state index in [1.165, 1.54) is 11.3 Å². The molecule has 252 valence electrons. The SMILES string of the molecule is O=C(Nc1nc2ccccc2s1)c1cccc2c1CN(c1ccc(-c3cnn(Cc4ccccc4OCc4ccncc4)c3)c(C(=O)O)n1)CC2. The molecule has 4 aromatic heterocycles. The van der Waals surface area contributed by atoms with Crippen LogP contribution in [0.15, 0.2) is 116 Å². The van der Waals surface area contributed by atoms with Crippen molar-refractivity contribution in [2.45, 2.75) is 26.1 Å². The van der Waals surface area contributed by atoms with Gasteiger partial charge < -0.3 is 14.7 Å². The highest BCUT2D eigenvalue weighted by Crippen LogP contribution is 2.31. The number of rotatable bonds is 10. The van der Waals surface area contributed by atoms with Crippen LogP contribution in [0.5, 0.6) is 5.75 Å². The van der Waals surface area contributed by atoms with Crippen LogP contribution in [0.2, 0.25) is 0 Å². The molecule has 0 saturated heterocycles. The summed E-state index contributed by atoms with van der Waals surface area (Å²) >= 11 is 1.43. The summed E-state index contributed by atoms with van der Waals surface area (Å²) in [7, 11) is 0. The monoisotopic (exact) mass is 693 g/mol. The van der Waals surface area contributed by atoms with E-state index in [1.807, 2.05) is 96.0 Å². The molecular weight excluding hydrogens is 663 g/mol. The molecule has 0 fully saturated rings. The number of hydrogen-bond acceptors (Lipinski definition) is 9. The normalized spacial score (nSPS) is 12.4. The topological polar surface area (TPSA) is 135 Å². The predicted octanol–water partition coefficient (Wildman–Crippen LogP) is 7.09. The summed E-state index contributed by atoms with van der Waals surface area (Å²) in [6, 6.07) is 28.7. The standard InChI is InChI=1S/C39H31N7O4S/c47-37(44-39-42-32-9-2-4-11-34(32)51-39)30-8-5-7-26-16-19-45(23-31(26)30)35-13-12-29(36(43-35)38(48)49)28-20-41-46(22-28)21-27-6-1-3-10-33(27)50-24-25-14-17-40-18-15-25/h1-15,17-18,20,22H,16,19,21,23-24H2,(H,48,49)(H,42,44,47). The smallest absolute Gasteiger partial charge is 0.355 e. The largest absolute Gasteiger partial charge is 0.489 e. The Morgan fingerprint density at radius 3 is 2.63 bits per heavy atom. The average Bonchev–Trinajstić information content (AvgIpc) is 3.81. The first kappa shape index (κ1) is 31.8. The highest BCUT2D eigenvalue weighted by molar-refractivity contribution is 7.22. The molecule has 2 N–H and O–H groups in total. The molecule has 7 aromatic rings. The Balaban J connectivity index is 1.00. The first-order valence-corrected chi connectivity index (χ1v) is 17.2. The number of para-hydroxylation sites is 2. The van der Waals surface area contributed by atoms with Gasteiger partial charge in [0.1, 0.15) is 18.2 Å². The summed E-state index contributed by atoms with van der Waals surface area (Å²) in [5.41, 5.74) is 6.34. The molecule has 0 bridgehead atoms. The fourth-order valence-corrected chi connectivity index (χ4v) is 7.14. The minimum atomic E-state index is -1.14. The highest BCUT2D eigenvalue weighted by Gasteiger charge is 2.25. The van der Waals surface area contributed by atoms with Crippen LogP contribution >= 0.6 is 11.3 Å². The Bertz CT molecular complexity index is 2360. The van der Waals surface area contributed by atoms with E-state index in [2.05, 4.69) is 25.4 Å². The number of carboxylic acids is 1. The number of amides is 1. The first-order valence-electron chi connectivity index (χ1n) is 16.4. The Kier molecular flexibility index (Phi) is 8.64. The van der Waals surface area contributed by atoms with E-state index in [1.54, 1.807) is 29.3 Å². The van der Waals surface area contributed by atoms with E-state index in [-0.39, 0.29) is 11.6 Å². The molecule has 3 aromatic carbocycles. The lowest BCUT2D eigenvalue weighted by atomic mass is 9.94. The fraction of sp³-hybridized carbons (Fsp3) is 0.128. The molecule has 1 aliphatic rings. The van der Waals surface area contributed by atoms with Gasteiger partial charge in [-0.1, -0.05) is 53.8 Å². The maximum Gasteiger partial charge on any atom is 0.355 e. The molecule has 0 aliphatic carbocycles. The van der Waals surface area contributed by atoms with Crippen molar-refractivity contribution < 1.29 is 19.4 Å². The molecule has 1 aliphatic heterocycles. The molecule has 0 unspecified atom stereocenters. The van der Waals surface area contributed by atoms with Crippen LogP contribution in [0.25, 0.3) is 21.3 Å². The number of anilines is 2. The lowest BCUT2D eigenvalue weighted by Crippen LogP contribution is -2.33. The summed E-state index contributed by atoms with van der Waals surface area (Å²) in [5, 5.41) is 18.3. The van der Waals surface area contributed by atoms with E-state index >= 15 is 0 Å². The number of carbonyl (C=O) groups is 2. The van der Waals surface area contributed by atoms with Crippen molar-refractivity contribution in [3.05, 3.63) is 149 Å². The van der Waals surface area contributed by atoms with Gasteiger partial charge in [-0.3, -0.25) is 19.8 Å². The molecular formula is C39H31N7O4S. The van der Waals surface area contributed by atoms with Gasteiger partial charge in [0.15, 0.2) is 10.8 Å². The summed E-state index contributed by atoms with van der Waals surface area (Å²) in [4.78, 5) is 41.3. The third-order valence-corrected chi connectivity index (χ3v) is 9.78. The lowest BCUT2D eigenvalue weighted by Gasteiger charge is -2.31. The number of pyridine rings is 2. The number of hydrogen-bond donors (Lipinski definition) is 2. The number of thiazole rings is 1. The molecule has 0 radical (unpaired) electrons. The number of aromatic nitrogens is 5. The third-order valence-electron chi connectivity index (χ3n) is 8.83. The number of aromatic carboxylic acids is 1. The zero-order valence-electron chi connectivity index (χ0n) is 27.3. The van der Waals surface area contributed by atoms with Crippen molar-refractivity contribution >= 4 is 44.4 Å². The Morgan fingerprint density at radius 2 is 1.76 bits per heavy atom. The minimum absolute atomic E-state index is 0.0687. The summed E-state index contributed by atoms with van der Waals surface area (Å²) < 4.78 is 8.86. The second-order valence-corrected chi connectivity index (χ2v) is 13.1. The highest BCUT2D eigenvalue weighted by atomic mass is 32.1. The second-order valence-electron chi connectivity index (χ2n) is 12.1. The van der Waals surface area contributed by atoms with Crippen molar-refractivity contribution in [1.29, 1.82) is 0 Å². The number of carboxylic acid groups (broad SMARTS) is 1. The van der Waals surface area contributed by atoms with E-state index in [4.69, 9.17) is 4.74 Å². The second kappa shape index (κ2) is 13.8. The van der Waals surface area contributed by atoms with Gasteiger partial charge in [0.05, 0.1) is 23.0 Å². The third kappa shape index (κ3) is 6.77. The Labute approximate surface area is 296 Å². The zero-order valence-corrected chi connectivity index (χ0v) is 28.1. The predicted molar refractivity (Wildman–Crippen MR) is 195 cm³/mol. The van der Waals surface area contributed by atoms with Crippen molar-refractivity contribution in [2.24, 2.45) is 0 Å². The van der Waals surface area contributed by atoms with Crippen LogP contribution < -0.4 is 15.0 Å². The fourth-order valence-electron chi connectivity index (χ4n) is 6.28. The van der Waals surface area contributed by atoms with Crippen molar-refractivity contribution in [3.63, 3.8) is 0 Å². The van der Waals surface area contributed by atoms with Crippen LogP contribution in [0.1, 0.15) is 43.1 Å². The number of ether oxygens (including phenoxy) is 1. The Hall–Kier alpha value is -6.40. The number of carbonyl (C=O) groups excluding carboxylic acids is 1. The maximum atomic E-state index is 13.5. The van der Waals surface area contributed by atoms with Crippen LogP contribution in [-0.4, -0.2) is 48.3 Å². The molecule has 8 rings (SSSR count). The quantitative estimate of drug-likeness (QED) is 0.154. The van der Waals surface area contributed by atoms with Gasteiger partial charge >= 0.3 is 5.97 Å². The summed E-state index contributed by atoms with van der Waals surface area (Å²) in [5.74, 6) is -0.107. The van der Waals surface area contributed by atoms with E-state index < -0.39 is 5.97 Å². The number of nitrogens with zero attached hydrogens (tertiary/aromatic N) is 6. The van der Waals surface area contributed by atoms with Crippen LogP contribution in [0.4, 0.5) is 10.9 Å². The van der Waals surface area contributed by atoms with Crippen LogP contribution in [0, 0.1) is 0 Å². The van der Waals surface area contributed by atoms with Gasteiger partial charge in [-0.2, -0.15) is 5.10 Å². The molecule has 12 heteroatoms. The van der Waals surface area contributed by atoms with Crippen LogP contribution in [0.3, 0.4) is 0 Å². The van der Waals surface area contributed by atoms with E-state index in [0.717, 1.165) is 38.2 Å². The van der Waals surface area contributed by atoms with Gasteiger partial charge in [-0.25, -0.2) is 14.8 Å². The van der Waals surface area contributed by atoms with Gasteiger partial charge in [0.2, 0.25) is 0 Å². The number of benzene rings is 3. The van der Waals surface area contributed by atoms with Crippen LogP contribution in [-0.2, 0) is 26.1 Å². The van der Waals surface area contributed by atoms with Gasteiger partial charge in [0.25, 0.3) is 5.91 Å². The zero-order chi connectivity index (χ0) is 34.7. The Morgan fingerprint density at radius 1 is 0.922 bits per heavy atom. The average molecular weight is 694 g/mol. The summed E-state index contributed by atoms with van der Waals surface area (Å²) in [6.45, 7) is 1.88. The van der Waals surface area contributed by atoms with Gasteiger partial charge in [-0.05, 0) is 71.6 Å². The van der Waals surface area contributed by atoms with E-state index in [0.29, 0.717) is 60.3 Å². The van der Waals surface area contributed by atoms with E-state index in [9.17, 15) is 14.7 Å². The molecule has 51 heavy (non-hydrogen) atoms.